The number of carbonyl (C=O) groups is 1. The molecular weight excluding hydrogens is 230 g/mol. The Bertz CT molecular complexity index is 295. The first kappa shape index (κ1) is 13.6. The van der Waals surface area contributed by atoms with Gasteiger partial charge in [-0.25, -0.2) is 4.79 Å². The van der Waals surface area contributed by atoms with E-state index in [2.05, 4.69) is 10.2 Å². The van der Waals surface area contributed by atoms with E-state index in [0.717, 1.165) is 45.8 Å². The van der Waals surface area contributed by atoms with Gasteiger partial charge in [0, 0.05) is 37.8 Å². The summed E-state index contributed by atoms with van der Waals surface area (Å²) in [5.74, 6) is 0. The van der Waals surface area contributed by atoms with Crippen molar-refractivity contribution in [1.29, 1.82) is 0 Å². The van der Waals surface area contributed by atoms with Gasteiger partial charge in [0.1, 0.15) is 0 Å². The monoisotopic (exact) mass is 255 g/mol. The standard InChI is InChI=1S/C13H25N3O2/c1-13(2,3)14-12(17)16-5-4-11(10-16)15-6-8-18-9-7-15/h11H,4-10H2,1-3H3,(H,14,17). The van der Waals surface area contributed by atoms with Crippen molar-refractivity contribution in [3.63, 3.8) is 0 Å². The van der Waals surface area contributed by atoms with Crippen LogP contribution in [0.25, 0.3) is 0 Å². The Hall–Kier alpha value is -0.810. The molecule has 2 aliphatic rings. The maximum absolute atomic E-state index is 12.1. The molecule has 0 aromatic rings. The zero-order valence-corrected chi connectivity index (χ0v) is 11.7. The minimum absolute atomic E-state index is 0.0678. The van der Waals surface area contributed by atoms with Crippen molar-refractivity contribution in [1.82, 2.24) is 15.1 Å². The van der Waals surface area contributed by atoms with Crippen LogP contribution in [0, 0.1) is 0 Å². The second kappa shape index (κ2) is 5.45. The quantitative estimate of drug-likeness (QED) is 0.757. The second-order valence-corrected chi connectivity index (χ2v) is 6.22. The lowest BCUT2D eigenvalue weighted by Crippen LogP contribution is -2.49. The van der Waals surface area contributed by atoms with Crippen molar-refractivity contribution in [2.45, 2.75) is 38.8 Å². The summed E-state index contributed by atoms with van der Waals surface area (Å²) in [5, 5.41) is 3.03. The number of nitrogens with zero attached hydrogens (tertiary/aromatic N) is 2. The van der Waals surface area contributed by atoms with E-state index in [1.165, 1.54) is 0 Å². The topological polar surface area (TPSA) is 44.8 Å². The van der Waals surface area contributed by atoms with Crippen LogP contribution in [0.4, 0.5) is 4.79 Å². The van der Waals surface area contributed by atoms with E-state index in [0.29, 0.717) is 6.04 Å². The molecule has 2 fully saturated rings. The number of urea groups is 1. The molecule has 0 aliphatic carbocycles. The van der Waals surface area contributed by atoms with E-state index >= 15 is 0 Å². The number of nitrogens with one attached hydrogen (secondary N) is 1. The van der Waals surface area contributed by atoms with Crippen LogP contribution < -0.4 is 5.32 Å². The summed E-state index contributed by atoms with van der Waals surface area (Å²) in [6.45, 7) is 11.4. The molecule has 1 atom stereocenters. The highest BCUT2D eigenvalue weighted by atomic mass is 16.5. The van der Waals surface area contributed by atoms with E-state index in [9.17, 15) is 4.79 Å². The van der Waals surface area contributed by atoms with Crippen molar-refractivity contribution in [3.8, 4) is 0 Å². The van der Waals surface area contributed by atoms with E-state index < -0.39 is 0 Å². The van der Waals surface area contributed by atoms with Crippen LogP contribution in [0.1, 0.15) is 27.2 Å². The van der Waals surface area contributed by atoms with Crippen LogP contribution in [-0.2, 0) is 4.74 Å². The molecule has 0 spiro atoms. The Morgan fingerprint density at radius 3 is 2.50 bits per heavy atom. The molecule has 0 saturated carbocycles. The summed E-state index contributed by atoms with van der Waals surface area (Å²) in [7, 11) is 0. The first-order chi connectivity index (χ1) is 8.46. The van der Waals surface area contributed by atoms with Crippen LogP contribution in [0.5, 0.6) is 0 Å². The number of morpholine rings is 1. The molecule has 1 N–H and O–H groups in total. The zero-order chi connectivity index (χ0) is 13.2. The van der Waals surface area contributed by atoms with Crippen LogP contribution in [0.15, 0.2) is 0 Å². The van der Waals surface area contributed by atoms with Crippen LogP contribution in [0.3, 0.4) is 0 Å². The van der Waals surface area contributed by atoms with Crippen LogP contribution in [0.2, 0.25) is 0 Å². The van der Waals surface area contributed by atoms with Gasteiger partial charge in [-0.3, -0.25) is 4.90 Å². The van der Waals surface area contributed by atoms with Gasteiger partial charge in [-0.15, -0.1) is 0 Å². The predicted molar refractivity (Wildman–Crippen MR) is 70.7 cm³/mol. The summed E-state index contributed by atoms with van der Waals surface area (Å²) < 4.78 is 5.36. The molecule has 2 saturated heterocycles. The highest BCUT2D eigenvalue weighted by Crippen LogP contribution is 2.17. The Labute approximate surface area is 109 Å². The number of likely N-dealkylation sites (tertiary alicyclic amines) is 1. The third-order valence-corrected chi connectivity index (χ3v) is 3.49. The molecule has 5 heteroatoms. The Morgan fingerprint density at radius 2 is 1.89 bits per heavy atom. The molecule has 2 heterocycles. The number of ether oxygens (including phenoxy) is 1. The molecule has 0 bridgehead atoms. The largest absolute Gasteiger partial charge is 0.379 e. The fourth-order valence-electron chi connectivity index (χ4n) is 2.57. The van der Waals surface area contributed by atoms with Gasteiger partial charge >= 0.3 is 6.03 Å². The third kappa shape index (κ3) is 3.59. The van der Waals surface area contributed by atoms with Crippen molar-refractivity contribution >= 4 is 6.03 Å². The van der Waals surface area contributed by atoms with E-state index in [1.54, 1.807) is 0 Å². The Kier molecular flexibility index (Phi) is 4.12. The van der Waals surface area contributed by atoms with Crippen molar-refractivity contribution in [2.24, 2.45) is 0 Å². The number of carbonyl (C=O) groups excluding carboxylic acids is 1. The zero-order valence-electron chi connectivity index (χ0n) is 11.7. The van der Waals surface area contributed by atoms with Crippen molar-refractivity contribution in [2.75, 3.05) is 39.4 Å². The van der Waals surface area contributed by atoms with E-state index in [1.807, 2.05) is 25.7 Å². The van der Waals surface area contributed by atoms with Gasteiger partial charge in [0.25, 0.3) is 0 Å². The number of hydrogen-bond acceptors (Lipinski definition) is 3. The normalized spacial score (nSPS) is 26.4. The predicted octanol–water partition coefficient (Wildman–Crippen LogP) is 0.901. The minimum Gasteiger partial charge on any atom is -0.379 e. The number of rotatable bonds is 1. The lowest BCUT2D eigenvalue weighted by molar-refractivity contribution is 0.0191. The van der Waals surface area contributed by atoms with Gasteiger partial charge in [-0.1, -0.05) is 0 Å². The molecule has 2 amide bonds. The number of hydrogen-bond donors (Lipinski definition) is 1. The van der Waals surface area contributed by atoms with Gasteiger partial charge in [-0.05, 0) is 27.2 Å². The minimum atomic E-state index is -0.159. The Balaban J connectivity index is 1.82. The van der Waals surface area contributed by atoms with Crippen molar-refractivity contribution in [3.05, 3.63) is 0 Å². The molecule has 0 aromatic carbocycles. The molecule has 104 valence electrons. The van der Waals surface area contributed by atoms with Gasteiger partial charge in [-0.2, -0.15) is 0 Å². The van der Waals surface area contributed by atoms with E-state index in [4.69, 9.17) is 4.74 Å². The molecule has 0 radical (unpaired) electrons. The smallest absolute Gasteiger partial charge is 0.317 e. The molecule has 1 unspecified atom stereocenters. The van der Waals surface area contributed by atoms with Gasteiger partial charge in [0.05, 0.1) is 13.2 Å². The molecule has 5 nitrogen and oxygen atoms in total. The fraction of sp³-hybridized carbons (Fsp3) is 0.923. The average Bonchev–Trinajstić information content (AvgIpc) is 2.77. The first-order valence-corrected chi connectivity index (χ1v) is 6.84. The summed E-state index contributed by atoms with van der Waals surface area (Å²) in [5.41, 5.74) is -0.159. The van der Waals surface area contributed by atoms with Crippen LogP contribution >= 0.6 is 0 Å². The molecule has 2 aliphatic heterocycles. The fourth-order valence-corrected chi connectivity index (χ4v) is 2.57. The van der Waals surface area contributed by atoms with Gasteiger partial charge < -0.3 is 15.0 Å². The van der Waals surface area contributed by atoms with E-state index in [-0.39, 0.29) is 11.6 Å². The van der Waals surface area contributed by atoms with Gasteiger partial charge in [0.15, 0.2) is 0 Å². The second-order valence-electron chi connectivity index (χ2n) is 6.22. The Morgan fingerprint density at radius 1 is 1.22 bits per heavy atom. The summed E-state index contributed by atoms with van der Waals surface area (Å²) >= 11 is 0. The summed E-state index contributed by atoms with van der Waals surface area (Å²) in [6, 6.07) is 0.581. The highest BCUT2D eigenvalue weighted by molar-refractivity contribution is 5.75. The lowest BCUT2D eigenvalue weighted by Gasteiger charge is -2.32. The van der Waals surface area contributed by atoms with Gasteiger partial charge in [0.2, 0.25) is 0 Å². The molecule has 0 aromatic heterocycles. The number of amides is 2. The molecular formula is C13H25N3O2. The van der Waals surface area contributed by atoms with Crippen LogP contribution in [-0.4, -0.2) is 66.8 Å². The molecule has 18 heavy (non-hydrogen) atoms. The van der Waals surface area contributed by atoms with Crippen molar-refractivity contribution < 1.29 is 9.53 Å². The highest BCUT2D eigenvalue weighted by Gasteiger charge is 2.32. The maximum atomic E-state index is 12.1. The molecule has 2 rings (SSSR count). The first-order valence-electron chi connectivity index (χ1n) is 6.84. The SMILES string of the molecule is CC(C)(C)NC(=O)N1CCC(N2CCOCC2)C1. The lowest BCUT2D eigenvalue weighted by atomic mass is 10.1. The maximum Gasteiger partial charge on any atom is 0.317 e. The summed E-state index contributed by atoms with van der Waals surface area (Å²) in [4.78, 5) is 16.4. The summed E-state index contributed by atoms with van der Waals surface area (Å²) in [6.07, 6.45) is 1.08. The average molecular weight is 255 g/mol. The third-order valence-electron chi connectivity index (χ3n) is 3.49.